The van der Waals surface area contributed by atoms with Crippen LogP contribution < -0.4 is 0 Å². The van der Waals surface area contributed by atoms with Crippen molar-refractivity contribution >= 4 is 17.3 Å². The molecule has 3 atom stereocenters. The third-order valence-electron chi connectivity index (χ3n) is 4.32. The van der Waals surface area contributed by atoms with Crippen molar-refractivity contribution in [2.75, 3.05) is 6.54 Å². The average molecular weight is 281 g/mol. The number of thiophene rings is 1. The number of rotatable bonds is 3. The van der Waals surface area contributed by atoms with Crippen LogP contribution in [0.25, 0.3) is 0 Å². The summed E-state index contributed by atoms with van der Waals surface area (Å²) in [4.78, 5) is 15.1. The molecule has 0 amide bonds. The summed E-state index contributed by atoms with van der Waals surface area (Å²) < 4.78 is 0. The van der Waals surface area contributed by atoms with E-state index in [1.165, 1.54) is 23.3 Å². The number of hydrogen-bond donors (Lipinski definition) is 1. The van der Waals surface area contributed by atoms with Gasteiger partial charge >= 0.3 is 5.97 Å². The van der Waals surface area contributed by atoms with E-state index in [1.54, 1.807) is 0 Å². The fourth-order valence-electron chi connectivity index (χ4n) is 3.04. The van der Waals surface area contributed by atoms with E-state index in [4.69, 9.17) is 5.11 Å². The molecule has 0 saturated carbocycles. The Bertz CT molecular complexity index is 469. The largest absolute Gasteiger partial charge is 0.477 e. The van der Waals surface area contributed by atoms with Crippen LogP contribution in [0.15, 0.2) is 6.07 Å². The molecular weight excluding hydrogens is 258 g/mol. The monoisotopic (exact) mass is 281 g/mol. The quantitative estimate of drug-likeness (QED) is 0.920. The lowest BCUT2D eigenvalue weighted by Gasteiger charge is -2.41. The molecule has 1 fully saturated rings. The van der Waals surface area contributed by atoms with Gasteiger partial charge in [0.05, 0.1) is 0 Å². The molecule has 0 bridgehead atoms. The van der Waals surface area contributed by atoms with Crippen molar-refractivity contribution in [3.63, 3.8) is 0 Å². The van der Waals surface area contributed by atoms with Gasteiger partial charge in [-0.3, -0.25) is 4.90 Å². The molecule has 106 valence electrons. The van der Waals surface area contributed by atoms with Gasteiger partial charge in [0.15, 0.2) is 0 Å². The summed E-state index contributed by atoms with van der Waals surface area (Å²) >= 11 is 1.39. The zero-order chi connectivity index (χ0) is 14.2. The van der Waals surface area contributed by atoms with Gasteiger partial charge in [0.2, 0.25) is 0 Å². The molecule has 1 aromatic heterocycles. The highest BCUT2D eigenvalue weighted by Gasteiger charge is 2.29. The Morgan fingerprint density at radius 2 is 2.16 bits per heavy atom. The molecule has 1 aliphatic rings. The Balaban J connectivity index is 2.13. The highest BCUT2D eigenvalue weighted by molar-refractivity contribution is 7.14. The molecule has 19 heavy (non-hydrogen) atoms. The van der Waals surface area contributed by atoms with Gasteiger partial charge < -0.3 is 5.11 Å². The third-order valence-corrected chi connectivity index (χ3v) is 5.41. The summed E-state index contributed by atoms with van der Waals surface area (Å²) in [6.45, 7) is 10.9. The Labute approximate surface area is 119 Å². The minimum absolute atomic E-state index is 0.457. The maximum atomic E-state index is 11.0. The van der Waals surface area contributed by atoms with Crippen molar-refractivity contribution < 1.29 is 9.90 Å². The molecule has 1 saturated heterocycles. The standard InChI is InChI=1S/C15H23NO2S/c1-9-5-10(2)11(3)16(7-9)8-13-6-14(15(17)18)19-12(13)4/h6,9-11H,5,7-8H2,1-4H3,(H,17,18). The summed E-state index contributed by atoms with van der Waals surface area (Å²) in [5.74, 6) is 0.624. The van der Waals surface area contributed by atoms with Gasteiger partial charge in [-0.2, -0.15) is 0 Å². The second-order valence-corrected chi connectivity index (χ2v) is 7.24. The van der Waals surface area contributed by atoms with E-state index in [0.717, 1.165) is 23.9 Å². The molecule has 1 aromatic rings. The lowest BCUT2D eigenvalue weighted by atomic mass is 9.86. The van der Waals surface area contributed by atoms with Crippen molar-refractivity contribution in [1.29, 1.82) is 0 Å². The van der Waals surface area contributed by atoms with E-state index >= 15 is 0 Å². The van der Waals surface area contributed by atoms with Gasteiger partial charge in [0.1, 0.15) is 4.88 Å². The van der Waals surface area contributed by atoms with Gasteiger partial charge in [-0.25, -0.2) is 4.79 Å². The maximum Gasteiger partial charge on any atom is 0.345 e. The Morgan fingerprint density at radius 3 is 2.74 bits per heavy atom. The molecule has 0 spiro atoms. The highest BCUT2D eigenvalue weighted by Crippen LogP contribution is 2.30. The van der Waals surface area contributed by atoms with Crippen molar-refractivity contribution in [3.8, 4) is 0 Å². The first-order chi connectivity index (χ1) is 8.88. The number of aryl methyl sites for hydroxylation is 1. The smallest absolute Gasteiger partial charge is 0.345 e. The Hall–Kier alpha value is -0.870. The van der Waals surface area contributed by atoms with Crippen molar-refractivity contribution in [3.05, 3.63) is 21.4 Å². The fraction of sp³-hybridized carbons (Fsp3) is 0.667. The van der Waals surface area contributed by atoms with Crippen LogP contribution in [0, 0.1) is 18.8 Å². The number of carboxylic acids is 1. The number of nitrogens with zero attached hydrogens (tertiary/aromatic N) is 1. The first kappa shape index (κ1) is 14.5. The first-order valence-corrected chi connectivity index (χ1v) is 7.76. The second kappa shape index (κ2) is 5.63. The molecule has 0 aliphatic carbocycles. The summed E-state index contributed by atoms with van der Waals surface area (Å²) in [5, 5.41) is 9.06. The molecular formula is C15H23NO2S. The van der Waals surface area contributed by atoms with Crippen LogP contribution in [0.3, 0.4) is 0 Å². The van der Waals surface area contributed by atoms with E-state index in [2.05, 4.69) is 25.7 Å². The lowest BCUT2D eigenvalue weighted by Crippen LogP contribution is -2.45. The molecule has 4 heteroatoms. The molecule has 2 rings (SSSR count). The van der Waals surface area contributed by atoms with Crippen LogP contribution in [-0.2, 0) is 6.54 Å². The van der Waals surface area contributed by atoms with Crippen LogP contribution in [-0.4, -0.2) is 28.6 Å². The summed E-state index contributed by atoms with van der Waals surface area (Å²) in [6, 6.07) is 2.42. The average Bonchev–Trinajstić information content (AvgIpc) is 2.67. The molecule has 3 unspecified atom stereocenters. The number of piperidine rings is 1. The van der Waals surface area contributed by atoms with Crippen LogP contribution >= 0.6 is 11.3 Å². The summed E-state index contributed by atoms with van der Waals surface area (Å²) in [6.07, 6.45) is 1.29. The minimum atomic E-state index is -0.812. The van der Waals surface area contributed by atoms with Gasteiger partial charge in [-0.15, -0.1) is 11.3 Å². The Morgan fingerprint density at radius 1 is 1.47 bits per heavy atom. The van der Waals surface area contributed by atoms with Crippen LogP contribution in [0.5, 0.6) is 0 Å². The van der Waals surface area contributed by atoms with Crippen molar-refractivity contribution in [2.24, 2.45) is 11.8 Å². The van der Waals surface area contributed by atoms with Gasteiger partial charge in [0, 0.05) is 24.0 Å². The number of carbonyl (C=O) groups is 1. The topological polar surface area (TPSA) is 40.5 Å². The van der Waals surface area contributed by atoms with E-state index in [1.807, 2.05) is 13.0 Å². The molecule has 1 aliphatic heterocycles. The number of aromatic carboxylic acids is 1. The zero-order valence-electron chi connectivity index (χ0n) is 12.1. The molecule has 0 aromatic carbocycles. The van der Waals surface area contributed by atoms with E-state index < -0.39 is 5.97 Å². The molecule has 3 nitrogen and oxygen atoms in total. The normalized spacial score (nSPS) is 28.5. The van der Waals surface area contributed by atoms with Crippen LogP contribution in [0.4, 0.5) is 0 Å². The molecule has 1 N–H and O–H groups in total. The predicted octanol–water partition coefficient (Wildman–Crippen LogP) is 3.62. The predicted molar refractivity (Wildman–Crippen MR) is 78.8 cm³/mol. The zero-order valence-corrected chi connectivity index (χ0v) is 13.0. The fourth-order valence-corrected chi connectivity index (χ4v) is 3.92. The van der Waals surface area contributed by atoms with E-state index in [-0.39, 0.29) is 0 Å². The number of hydrogen-bond acceptors (Lipinski definition) is 3. The second-order valence-electron chi connectivity index (χ2n) is 5.99. The SMILES string of the molecule is Cc1sc(C(=O)O)cc1CN1CC(C)CC(C)C1C. The van der Waals surface area contributed by atoms with Crippen molar-refractivity contribution in [2.45, 2.75) is 46.7 Å². The van der Waals surface area contributed by atoms with E-state index in [0.29, 0.717) is 16.8 Å². The first-order valence-electron chi connectivity index (χ1n) is 6.95. The van der Waals surface area contributed by atoms with Crippen LogP contribution in [0.2, 0.25) is 0 Å². The summed E-state index contributed by atoms with van der Waals surface area (Å²) in [5.41, 5.74) is 1.18. The van der Waals surface area contributed by atoms with Gasteiger partial charge in [-0.1, -0.05) is 13.8 Å². The van der Waals surface area contributed by atoms with Gasteiger partial charge in [0.25, 0.3) is 0 Å². The van der Waals surface area contributed by atoms with Gasteiger partial charge in [-0.05, 0) is 43.7 Å². The lowest BCUT2D eigenvalue weighted by molar-refractivity contribution is 0.0698. The molecule has 0 radical (unpaired) electrons. The highest BCUT2D eigenvalue weighted by atomic mass is 32.1. The van der Waals surface area contributed by atoms with Crippen molar-refractivity contribution in [1.82, 2.24) is 4.90 Å². The maximum absolute atomic E-state index is 11.0. The van der Waals surface area contributed by atoms with E-state index in [9.17, 15) is 4.79 Å². The molecule has 2 heterocycles. The Kier molecular flexibility index (Phi) is 4.31. The third kappa shape index (κ3) is 3.18. The minimum Gasteiger partial charge on any atom is -0.477 e. The van der Waals surface area contributed by atoms with Crippen LogP contribution in [0.1, 0.15) is 47.3 Å². The number of likely N-dealkylation sites (tertiary alicyclic amines) is 1. The number of carboxylic acid groups (broad SMARTS) is 1. The summed E-state index contributed by atoms with van der Waals surface area (Å²) in [7, 11) is 0.